The number of aromatic amines is 2. The van der Waals surface area contributed by atoms with Crippen LogP contribution in [0.15, 0.2) is 65.7 Å². The lowest BCUT2D eigenvalue weighted by Gasteiger charge is -2.20. The largest absolute Gasteiger partial charge is 0.488 e. The minimum absolute atomic E-state index is 0.000375. The van der Waals surface area contributed by atoms with Crippen molar-refractivity contribution < 1.29 is 14.2 Å². The van der Waals surface area contributed by atoms with Crippen molar-refractivity contribution in [3.8, 4) is 34.1 Å². The normalized spacial score (nSPS) is 16.7. The monoisotopic (exact) mass is 437 g/mol. The number of rotatable bonds is 9. The molecule has 2 atom stereocenters. The highest BCUT2D eigenvalue weighted by Gasteiger charge is 2.14. The van der Waals surface area contributed by atoms with Gasteiger partial charge in [-0.05, 0) is 55.7 Å². The Balaban J connectivity index is 1.60. The first kappa shape index (κ1) is 21.3. The van der Waals surface area contributed by atoms with Crippen LogP contribution in [-0.2, 0) is 4.74 Å². The van der Waals surface area contributed by atoms with Gasteiger partial charge in [0.1, 0.15) is 23.7 Å². The average Bonchev–Trinajstić information content (AvgIpc) is 3.46. The number of benzene rings is 1. The minimum Gasteiger partial charge on any atom is -0.488 e. The lowest BCUT2D eigenvalue weighted by atomic mass is 10.1. The summed E-state index contributed by atoms with van der Waals surface area (Å²) < 4.78 is 17.6. The van der Waals surface area contributed by atoms with Crippen LogP contribution < -0.4 is 9.47 Å². The Hall–Kier alpha value is -2.90. The number of nitrogens with zero attached hydrogens (tertiary/aromatic N) is 1. The molecule has 1 aromatic carbocycles. The quantitative estimate of drug-likeness (QED) is 0.466. The number of allylic oxidation sites excluding steroid dienone is 1. The lowest BCUT2D eigenvalue weighted by Crippen LogP contribution is -2.18. The van der Waals surface area contributed by atoms with Gasteiger partial charge in [0.15, 0.2) is 0 Å². The van der Waals surface area contributed by atoms with Crippen molar-refractivity contribution in [2.45, 2.75) is 25.6 Å². The molecule has 162 valence electrons. The number of aromatic nitrogens is 3. The van der Waals surface area contributed by atoms with Crippen molar-refractivity contribution in [3.05, 3.63) is 65.7 Å². The number of ether oxygens (including phenoxy) is 3. The molecule has 0 amide bonds. The van der Waals surface area contributed by atoms with Crippen molar-refractivity contribution in [3.63, 3.8) is 0 Å². The van der Waals surface area contributed by atoms with Gasteiger partial charge in [0.2, 0.25) is 0 Å². The van der Waals surface area contributed by atoms with E-state index in [1.165, 1.54) is 4.91 Å². The van der Waals surface area contributed by atoms with Crippen LogP contribution >= 0.6 is 11.8 Å². The van der Waals surface area contributed by atoms with Gasteiger partial charge in [-0.15, -0.1) is 11.8 Å². The third-order valence-corrected chi connectivity index (χ3v) is 5.73. The molecule has 3 aromatic rings. The van der Waals surface area contributed by atoms with E-state index >= 15 is 0 Å². The molecule has 2 unspecified atom stereocenters. The maximum Gasteiger partial charge on any atom is 0.124 e. The number of thioether (sulfide) groups is 1. The topological polar surface area (TPSA) is 72.2 Å². The predicted molar refractivity (Wildman–Crippen MR) is 126 cm³/mol. The van der Waals surface area contributed by atoms with Crippen molar-refractivity contribution in [2.75, 3.05) is 20.0 Å². The number of hydrogen-bond donors (Lipinski definition) is 2. The molecule has 1 aliphatic rings. The third kappa shape index (κ3) is 5.42. The van der Waals surface area contributed by atoms with Gasteiger partial charge in [-0.3, -0.25) is 5.10 Å². The maximum atomic E-state index is 6.29. The van der Waals surface area contributed by atoms with Gasteiger partial charge in [0.05, 0.1) is 18.0 Å². The molecule has 0 saturated carbocycles. The van der Waals surface area contributed by atoms with E-state index in [1.54, 1.807) is 25.1 Å². The summed E-state index contributed by atoms with van der Waals surface area (Å²) in [4.78, 5) is 4.72. The fraction of sp³-hybridized carbons (Fsp3) is 0.292. The van der Waals surface area contributed by atoms with E-state index in [1.807, 2.05) is 43.3 Å². The molecule has 0 fully saturated rings. The second kappa shape index (κ2) is 9.94. The molecule has 2 aromatic heterocycles. The molecule has 2 heterocycles. The zero-order chi connectivity index (χ0) is 21.6. The van der Waals surface area contributed by atoms with Gasteiger partial charge in [-0.1, -0.05) is 6.08 Å². The number of H-pyrrole nitrogens is 2. The van der Waals surface area contributed by atoms with Gasteiger partial charge in [-0.25, -0.2) is 0 Å². The highest BCUT2D eigenvalue weighted by Crippen LogP contribution is 2.33. The minimum atomic E-state index is -0.0704. The van der Waals surface area contributed by atoms with E-state index in [2.05, 4.69) is 39.7 Å². The first-order chi connectivity index (χ1) is 15.1. The van der Waals surface area contributed by atoms with Crippen LogP contribution in [-0.4, -0.2) is 47.4 Å². The van der Waals surface area contributed by atoms with E-state index in [-0.39, 0.29) is 12.2 Å². The van der Waals surface area contributed by atoms with Crippen molar-refractivity contribution >= 4 is 11.8 Å². The Kier molecular flexibility index (Phi) is 6.84. The number of hydrogen-bond acceptors (Lipinski definition) is 5. The first-order valence-corrected chi connectivity index (χ1v) is 11.5. The van der Waals surface area contributed by atoms with Crippen molar-refractivity contribution in [1.82, 2.24) is 15.2 Å². The van der Waals surface area contributed by atoms with Crippen LogP contribution in [0.25, 0.3) is 22.6 Å². The van der Waals surface area contributed by atoms with Gasteiger partial charge in [0.25, 0.3) is 0 Å². The molecular weight excluding hydrogens is 410 g/mol. The summed E-state index contributed by atoms with van der Waals surface area (Å²) in [6, 6.07) is 12.0. The molecule has 2 N–H and O–H groups in total. The number of methoxy groups -OCH3 is 1. The first-order valence-electron chi connectivity index (χ1n) is 10.2. The van der Waals surface area contributed by atoms with Gasteiger partial charge in [0, 0.05) is 42.0 Å². The molecule has 6 nitrogen and oxygen atoms in total. The molecule has 1 aliphatic carbocycles. The molecule has 0 aliphatic heterocycles. The highest BCUT2D eigenvalue weighted by atomic mass is 32.2. The lowest BCUT2D eigenvalue weighted by molar-refractivity contribution is 0.0918. The Morgan fingerprint density at radius 3 is 2.68 bits per heavy atom. The Bertz CT molecular complexity index is 1060. The van der Waals surface area contributed by atoms with E-state index in [9.17, 15) is 0 Å². The summed E-state index contributed by atoms with van der Waals surface area (Å²) in [5.74, 6) is 1.51. The predicted octanol–water partition coefficient (Wildman–Crippen LogP) is 5.44. The van der Waals surface area contributed by atoms with Gasteiger partial charge >= 0.3 is 0 Å². The summed E-state index contributed by atoms with van der Waals surface area (Å²) in [6.07, 6.45) is 11.0. The van der Waals surface area contributed by atoms with Crippen molar-refractivity contribution in [2.24, 2.45) is 0 Å². The fourth-order valence-corrected chi connectivity index (χ4v) is 3.96. The average molecular weight is 438 g/mol. The van der Waals surface area contributed by atoms with Crippen LogP contribution in [0, 0.1) is 0 Å². The summed E-state index contributed by atoms with van der Waals surface area (Å²) >= 11 is 1.74. The van der Waals surface area contributed by atoms with E-state index in [0.717, 1.165) is 40.6 Å². The van der Waals surface area contributed by atoms with Crippen LogP contribution in [0.2, 0.25) is 0 Å². The third-order valence-electron chi connectivity index (χ3n) is 4.96. The molecule has 4 rings (SSSR count). The SMILES string of the molecule is COCC(C)Oc1cc(OC2C=CC(SC)=CC2)cc(-c2ccc(-c3ccn[nH]3)[nH]2)c1. The molecule has 7 heteroatoms. The molecule has 0 saturated heterocycles. The molecule has 0 radical (unpaired) electrons. The number of nitrogens with one attached hydrogen (secondary N) is 2. The molecule has 0 spiro atoms. The van der Waals surface area contributed by atoms with Crippen LogP contribution in [0.3, 0.4) is 0 Å². The Morgan fingerprint density at radius 2 is 1.97 bits per heavy atom. The summed E-state index contributed by atoms with van der Waals surface area (Å²) in [5.41, 5.74) is 3.87. The smallest absolute Gasteiger partial charge is 0.124 e. The Labute approximate surface area is 186 Å². The zero-order valence-electron chi connectivity index (χ0n) is 17.9. The molecule has 0 bridgehead atoms. The molecular formula is C24H27N3O3S. The standard InChI is InChI=1S/C24H27N3O3S/c1-16(15-28-2)29-19-12-17(22-8-9-23(26-22)24-10-11-25-27-24)13-20(14-19)30-18-4-6-21(31-3)7-5-18/h4,6-14,16,18,26H,5,15H2,1-3H3,(H,25,27). The second-order valence-electron chi connectivity index (χ2n) is 7.39. The second-order valence-corrected chi connectivity index (χ2v) is 8.27. The fourth-order valence-electron chi connectivity index (χ4n) is 3.49. The van der Waals surface area contributed by atoms with E-state index in [0.29, 0.717) is 6.61 Å². The van der Waals surface area contributed by atoms with Crippen molar-refractivity contribution in [1.29, 1.82) is 0 Å². The van der Waals surface area contributed by atoms with E-state index < -0.39 is 0 Å². The van der Waals surface area contributed by atoms with Gasteiger partial charge < -0.3 is 19.2 Å². The van der Waals surface area contributed by atoms with E-state index in [4.69, 9.17) is 14.2 Å². The van der Waals surface area contributed by atoms with Crippen LogP contribution in [0.4, 0.5) is 0 Å². The van der Waals surface area contributed by atoms with Crippen LogP contribution in [0.5, 0.6) is 11.5 Å². The zero-order valence-corrected chi connectivity index (χ0v) is 18.7. The highest BCUT2D eigenvalue weighted by molar-refractivity contribution is 8.02. The maximum absolute atomic E-state index is 6.29. The van der Waals surface area contributed by atoms with Gasteiger partial charge in [-0.2, -0.15) is 5.10 Å². The summed E-state index contributed by atoms with van der Waals surface area (Å²) in [5, 5.41) is 7.01. The summed E-state index contributed by atoms with van der Waals surface area (Å²) in [7, 11) is 1.67. The Morgan fingerprint density at radius 1 is 1.13 bits per heavy atom. The van der Waals surface area contributed by atoms with Crippen LogP contribution in [0.1, 0.15) is 13.3 Å². The molecule has 31 heavy (non-hydrogen) atoms. The summed E-state index contributed by atoms with van der Waals surface area (Å²) in [6.45, 7) is 2.50.